The highest BCUT2D eigenvalue weighted by Crippen LogP contribution is 2.44. The summed E-state index contributed by atoms with van der Waals surface area (Å²) in [5, 5.41) is 11.9. The van der Waals surface area contributed by atoms with Crippen molar-refractivity contribution in [3.8, 4) is 5.88 Å². The topological polar surface area (TPSA) is 148 Å². The molecule has 5 aromatic rings. The molecule has 0 saturated heterocycles. The number of H-pyrrole nitrogens is 1. The van der Waals surface area contributed by atoms with Gasteiger partial charge in [-0.05, 0) is 73.2 Å². The summed E-state index contributed by atoms with van der Waals surface area (Å²) < 4.78 is 37.4. The summed E-state index contributed by atoms with van der Waals surface area (Å²) in [6.07, 6.45) is 5.18. The van der Waals surface area contributed by atoms with E-state index in [1.807, 2.05) is 70.5 Å². The number of nitrogens with one attached hydrogen (secondary N) is 2. The highest BCUT2D eigenvalue weighted by Gasteiger charge is 2.41. The average Bonchev–Trinajstić information content (AvgIpc) is 3.73. The van der Waals surface area contributed by atoms with Crippen molar-refractivity contribution < 1.29 is 17.9 Å². The Morgan fingerprint density at radius 1 is 1.12 bits per heavy atom. The molecule has 0 spiro atoms. The molecule has 13 heteroatoms. The molecule has 0 radical (unpaired) electrons. The molecular formula is C35H42N8O4S. The first-order chi connectivity index (χ1) is 22.9. The summed E-state index contributed by atoms with van der Waals surface area (Å²) in [4.78, 5) is 25.6. The van der Waals surface area contributed by atoms with Crippen molar-refractivity contribution in [1.82, 2.24) is 39.6 Å². The Balaban J connectivity index is 1.44. The summed E-state index contributed by atoms with van der Waals surface area (Å²) in [6.45, 7) is 13.1. The Morgan fingerprint density at radius 3 is 2.67 bits per heavy atom. The third-order valence-electron chi connectivity index (χ3n) is 9.42. The van der Waals surface area contributed by atoms with Gasteiger partial charge in [-0.1, -0.05) is 50.3 Å². The molecule has 1 aliphatic rings. The second-order valence-electron chi connectivity index (χ2n) is 12.9. The van der Waals surface area contributed by atoms with Crippen LogP contribution in [-0.2, 0) is 34.5 Å². The van der Waals surface area contributed by atoms with Crippen LogP contribution in [0.4, 0.5) is 0 Å². The minimum Gasteiger partial charge on any atom is -0.472 e. The summed E-state index contributed by atoms with van der Waals surface area (Å²) in [5.41, 5.74) is 5.31. The fourth-order valence-electron chi connectivity index (χ4n) is 6.55. The van der Waals surface area contributed by atoms with Gasteiger partial charge in [-0.2, -0.15) is 4.31 Å². The van der Waals surface area contributed by atoms with Crippen LogP contribution in [0, 0.1) is 19.3 Å². The van der Waals surface area contributed by atoms with E-state index < -0.39 is 21.4 Å². The molecule has 0 fully saturated rings. The van der Waals surface area contributed by atoms with Gasteiger partial charge in [0.15, 0.2) is 0 Å². The van der Waals surface area contributed by atoms with Crippen molar-refractivity contribution in [1.29, 1.82) is 0 Å². The predicted molar refractivity (Wildman–Crippen MR) is 182 cm³/mol. The van der Waals surface area contributed by atoms with Gasteiger partial charge in [-0.15, -0.1) is 5.10 Å². The summed E-state index contributed by atoms with van der Waals surface area (Å²) in [7, 11) is -3.91. The monoisotopic (exact) mass is 670 g/mol. The largest absolute Gasteiger partial charge is 0.472 e. The Hall–Kier alpha value is -4.62. The van der Waals surface area contributed by atoms with Crippen molar-refractivity contribution >= 4 is 27.0 Å². The van der Waals surface area contributed by atoms with Crippen LogP contribution in [0.2, 0.25) is 0 Å². The van der Waals surface area contributed by atoms with E-state index in [9.17, 15) is 13.2 Å². The number of nitrogens with zero attached hydrogens (tertiary/aromatic N) is 6. The molecule has 4 heterocycles. The van der Waals surface area contributed by atoms with Crippen LogP contribution < -0.4 is 10.1 Å². The lowest BCUT2D eigenvalue weighted by atomic mass is 9.69. The summed E-state index contributed by atoms with van der Waals surface area (Å²) >= 11 is 0. The lowest BCUT2D eigenvalue weighted by molar-refractivity contribution is -0.130. The van der Waals surface area contributed by atoms with Gasteiger partial charge in [-0.3, -0.25) is 4.79 Å². The van der Waals surface area contributed by atoms with Crippen LogP contribution in [0.1, 0.15) is 73.7 Å². The number of rotatable bonds is 10. The molecular weight excluding hydrogens is 629 g/mol. The molecule has 1 aliphatic heterocycles. The van der Waals surface area contributed by atoms with E-state index in [1.165, 1.54) is 4.31 Å². The maximum absolute atomic E-state index is 14.1. The number of hydrogen-bond acceptors (Lipinski definition) is 8. The maximum atomic E-state index is 14.1. The van der Waals surface area contributed by atoms with Gasteiger partial charge in [0.2, 0.25) is 21.8 Å². The van der Waals surface area contributed by atoms with Crippen molar-refractivity contribution in [3.05, 3.63) is 94.7 Å². The number of sulfonamides is 1. The van der Waals surface area contributed by atoms with Gasteiger partial charge < -0.3 is 15.0 Å². The van der Waals surface area contributed by atoms with Crippen LogP contribution in [0.3, 0.4) is 0 Å². The lowest BCUT2D eigenvalue weighted by Gasteiger charge is -2.35. The summed E-state index contributed by atoms with van der Waals surface area (Å²) in [6, 6.07) is 13.3. The molecule has 12 nitrogen and oxygen atoms in total. The number of ether oxygens (including phenoxy) is 1. The number of aromatic nitrogens is 6. The molecule has 0 aliphatic carbocycles. The van der Waals surface area contributed by atoms with Crippen LogP contribution >= 0.6 is 0 Å². The smallest absolute Gasteiger partial charge is 0.248 e. The Labute approximate surface area is 281 Å². The number of hydrogen-bond donors (Lipinski definition) is 2. The Morgan fingerprint density at radius 2 is 1.94 bits per heavy atom. The molecule has 2 atom stereocenters. The van der Waals surface area contributed by atoms with Crippen molar-refractivity contribution in [3.63, 3.8) is 0 Å². The second kappa shape index (κ2) is 13.1. The van der Waals surface area contributed by atoms with E-state index in [0.29, 0.717) is 18.8 Å². The molecule has 2 N–H and O–H groups in total. The van der Waals surface area contributed by atoms with E-state index in [2.05, 4.69) is 36.6 Å². The van der Waals surface area contributed by atoms with Crippen LogP contribution in [-0.4, -0.2) is 61.2 Å². The van der Waals surface area contributed by atoms with E-state index in [4.69, 9.17) is 4.74 Å². The van der Waals surface area contributed by atoms with Crippen LogP contribution in [0.25, 0.3) is 11.0 Å². The third-order valence-corrected chi connectivity index (χ3v) is 11.2. The number of carbonyl (C=O) groups excluding carboxylic acids is 1. The number of imidazole rings is 1. The zero-order chi connectivity index (χ0) is 34.2. The number of pyridine rings is 1. The van der Waals surface area contributed by atoms with E-state index in [0.717, 1.165) is 38.9 Å². The first kappa shape index (κ1) is 33.3. The SMILES string of the molecule is CC[C@@H]1CN(Cc2cc(C(c3ccc4c(nnn4CC)c3C)C(C)(C)C(=O)NCc3ncc[nH]3)ccc2C)S(=O)(=O)c2cccnc2O1. The highest BCUT2D eigenvalue weighted by molar-refractivity contribution is 7.89. The predicted octanol–water partition coefficient (Wildman–Crippen LogP) is 5.02. The number of benzene rings is 2. The molecule has 1 amide bonds. The molecule has 1 unspecified atom stereocenters. The normalized spacial score (nSPS) is 17.0. The first-order valence-corrected chi connectivity index (χ1v) is 17.7. The number of aryl methyl sites for hydroxylation is 3. The number of fused-ring (bicyclic) bond motifs is 2. The fourth-order valence-corrected chi connectivity index (χ4v) is 8.07. The minimum absolute atomic E-state index is 0.0612. The molecule has 6 rings (SSSR count). The standard InChI is InChI=1S/C35H42N8O4S/c1-7-26-21-42(48(45,46)29-10-9-15-38-33(29)47-26)20-25-18-24(12-11-22(25)3)31(35(5,6)34(44)39-19-30-36-16-17-37-30)27-13-14-28-32(23(27)4)40-41-43(28)8-2/h9-18,26,31H,7-8,19-21H2,1-6H3,(H,36,37)(H,39,44)/t26-,31?/m1/s1. The maximum Gasteiger partial charge on any atom is 0.248 e. The first-order valence-electron chi connectivity index (χ1n) is 16.3. The van der Waals surface area contributed by atoms with E-state index in [-0.39, 0.29) is 42.4 Å². The van der Waals surface area contributed by atoms with Gasteiger partial charge in [-0.25, -0.2) is 23.1 Å². The fraction of sp³-hybridized carbons (Fsp3) is 0.400. The third kappa shape index (κ3) is 6.08. The zero-order valence-electron chi connectivity index (χ0n) is 28.2. The van der Waals surface area contributed by atoms with E-state index >= 15 is 0 Å². The van der Waals surface area contributed by atoms with Crippen molar-refractivity contribution in [2.75, 3.05) is 6.54 Å². The average molecular weight is 671 g/mol. The van der Waals surface area contributed by atoms with Crippen molar-refractivity contribution in [2.45, 2.75) is 84.5 Å². The second-order valence-corrected chi connectivity index (χ2v) is 14.8. The molecule has 252 valence electrons. The quantitative estimate of drug-likeness (QED) is 0.211. The molecule has 2 aromatic carbocycles. The van der Waals surface area contributed by atoms with Gasteiger partial charge in [0, 0.05) is 37.6 Å². The molecule has 0 bridgehead atoms. The Kier molecular flexibility index (Phi) is 9.10. The van der Waals surface area contributed by atoms with Crippen LogP contribution in [0.15, 0.2) is 66.0 Å². The zero-order valence-corrected chi connectivity index (χ0v) is 29.0. The lowest BCUT2D eigenvalue weighted by Crippen LogP contribution is -2.41. The Bertz CT molecular complexity index is 2060. The van der Waals surface area contributed by atoms with Crippen molar-refractivity contribution in [2.24, 2.45) is 5.41 Å². The van der Waals surface area contributed by atoms with Gasteiger partial charge in [0.05, 0.1) is 24.0 Å². The highest BCUT2D eigenvalue weighted by atomic mass is 32.2. The van der Waals surface area contributed by atoms with E-state index in [1.54, 1.807) is 30.7 Å². The van der Waals surface area contributed by atoms with Crippen LogP contribution in [0.5, 0.6) is 5.88 Å². The minimum atomic E-state index is -3.91. The molecule has 0 saturated carbocycles. The number of aromatic amines is 1. The summed E-state index contributed by atoms with van der Waals surface area (Å²) in [5.74, 6) is 0.226. The number of amides is 1. The van der Waals surface area contributed by atoms with Gasteiger partial charge in [0.1, 0.15) is 22.3 Å². The number of carbonyl (C=O) groups is 1. The molecule has 3 aromatic heterocycles. The van der Waals surface area contributed by atoms with Gasteiger partial charge in [0.25, 0.3) is 0 Å². The van der Waals surface area contributed by atoms with Gasteiger partial charge >= 0.3 is 0 Å². The molecule has 48 heavy (non-hydrogen) atoms.